The molecule has 0 bridgehead atoms. The van der Waals surface area contributed by atoms with Crippen molar-refractivity contribution in [1.29, 1.82) is 0 Å². The summed E-state index contributed by atoms with van der Waals surface area (Å²) in [5.41, 5.74) is 0.778. The maximum absolute atomic E-state index is 12.1. The summed E-state index contributed by atoms with van der Waals surface area (Å²) in [6, 6.07) is 6.10. The number of benzene rings is 1. The summed E-state index contributed by atoms with van der Waals surface area (Å²) in [6.07, 6.45) is 0.153. The lowest BCUT2D eigenvalue weighted by Gasteiger charge is -2.20. The monoisotopic (exact) mass is 340 g/mol. The van der Waals surface area contributed by atoms with E-state index >= 15 is 0 Å². The lowest BCUT2D eigenvalue weighted by molar-refractivity contribution is -0.141. The van der Waals surface area contributed by atoms with Gasteiger partial charge in [-0.15, -0.1) is 0 Å². The number of amides is 2. The highest BCUT2D eigenvalue weighted by molar-refractivity contribution is 6.30. The SMILES string of the molecule is COC(=O)CC(C)NC(=O)CC(NC(C)=O)c1ccc(Cl)cc1. The molecule has 0 aliphatic heterocycles. The van der Waals surface area contributed by atoms with Crippen LogP contribution >= 0.6 is 11.6 Å². The molecule has 1 rings (SSSR count). The van der Waals surface area contributed by atoms with E-state index in [4.69, 9.17) is 11.6 Å². The highest BCUT2D eigenvalue weighted by atomic mass is 35.5. The number of esters is 1. The highest BCUT2D eigenvalue weighted by Gasteiger charge is 2.19. The van der Waals surface area contributed by atoms with Crippen LogP contribution in [-0.2, 0) is 19.1 Å². The first-order chi connectivity index (χ1) is 10.8. The van der Waals surface area contributed by atoms with Gasteiger partial charge in [-0.2, -0.15) is 0 Å². The van der Waals surface area contributed by atoms with Crippen molar-refractivity contribution >= 4 is 29.4 Å². The quantitative estimate of drug-likeness (QED) is 0.743. The van der Waals surface area contributed by atoms with Crippen molar-refractivity contribution in [1.82, 2.24) is 10.6 Å². The van der Waals surface area contributed by atoms with Gasteiger partial charge in [0, 0.05) is 18.0 Å². The smallest absolute Gasteiger partial charge is 0.307 e. The van der Waals surface area contributed by atoms with E-state index < -0.39 is 12.0 Å². The van der Waals surface area contributed by atoms with Crippen molar-refractivity contribution in [2.45, 2.75) is 38.8 Å². The molecule has 1 aromatic rings. The third-order valence-electron chi connectivity index (χ3n) is 3.15. The van der Waals surface area contributed by atoms with E-state index in [1.54, 1.807) is 31.2 Å². The summed E-state index contributed by atoms with van der Waals surface area (Å²) in [5.74, 6) is -0.899. The molecule has 0 spiro atoms. The maximum Gasteiger partial charge on any atom is 0.307 e. The van der Waals surface area contributed by atoms with Gasteiger partial charge in [0.15, 0.2) is 0 Å². The third-order valence-corrected chi connectivity index (χ3v) is 3.40. The molecule has 126 valence electrons. The van der Waals surface area contributed by atoms with E-state index in [9.17, 15) is 14.4 Å². The predicted octanol–water partition coefficient (Wildman–Crippen LogP) is 1.98. The molecule has 6 nitrogen and oxygen atoms in total. The van der Waals surface area contributed by atoms with Crippen molar-refractivity contribution in [2.24, 2.45) is 0 Å². The third kappa shape index (κ3) is 7.15. The van der Waals surface area contributed by atoms with Crippen LogP contribution in [0.4, 0.5) is 0 Å². The number of methoxy groups -OCH3 is 1. The second kappa shape index (κ2) is 9.15. The normalized spacial score (nSPS) is 12.9. The van der Waals surface area contributed by atoms with Crippen LogP contribution in [0.25, 0.3) is 0 Å². The first-order valence-electron chi connectivity index (χ1n) is 7.20. The Hall–Kier alpha value is -2.08. The minimum absolute atomic E-state index is 0.0622. The van der Waals surface area contributed by atoms with Gasteiger partial charge in [0.25, 0.3) is 0 Å². The van der Waals surface area contributed by atoms with E-state index in [-0.39, 0.29) is 30.7 Å². The molecule has 0 saturated carbocycles. The number of hydrogen-bond acceptors (Lipinski definition) is 4. The summed E-state index contributed by atoms with van der Waals surface area (Å²) in [7, 11) is 1.30. The van der Waals surface area contributed by atoms with Crippen LogP contribution in [0, 0.1) is 0 Å². The van der Waals surface area contributed by atoms with E-state index in [0.29, 0.717) is 5.02 Å². The Bertz CT molecular complexity index is 560. The largest absolute Gasteiger partial charge is 0.469 e. The maximum atomic E-state index is 12.1. The van der Waals surface area contributed by atoms with Crippen molar-refractivity contribution in [3.63, 3.8) is 0 Å². The molecule has 2 unspecified atom stereocenters. The van der Waals surface area contributed by atoms with E-state index in [1.807, 2.05) is 0 Å². The van der Waals surface area contributed by atoms with Crippen LogP contribution in [0.1, 0.15) is 38.3 Å². The minimum atomic E-state index is -0.463. The van der Waals surface area contributed by atoms with E-state index in [2.05, 4.69) is 15.4 Å². The molecule has 1 aromatic carbocycles. The average Bonchev–Trinajstić information content (AvgIpc) is 2.46. The Morgan fingerprint density at radius 1 is 1.13 bits per heavy atom. The summed E-state index contributed by atoms with van der Waals surface area (Å²) in [4.78, 5) is 34.6. The molecule has 0 aromatic heterocycles. The lowest BCUT2D eigenvalue weighted by atomic mass is 10.0. The second-order valence-corrected chi connectivity index (χ2v) is 5.69. The molecule has 2 atom stereocenters. The van der Waals surface area contributed by atoms with Crippen LogP contribution in [0.3, 0.4) is 0 Å². The topological polar surface area (TPSA) is 84.5 Å². The van der Waals surface area contributed by atoms with E-state index in [0.717, 1.165) is 5.56 Å². The molecule has 0 radical (unpaired) electrons. The molecule has 0 aliphatic rings. The van der Waals surface area contributed by atoms with Gasteiger partial charge in [-0.05, 0) is 24.6 Å². The molecule has 7 heteroatoms. The van der Waals surface area contributed by atoms with Crippen LogP contribution in [0.2, 0.25) is 5.02 Å². The van der Waals surface area contributed by atoms with Gasteiger partial charge in [0.2, 0.25) is 11.8 Å². The van der Waals surface area contributed by atoms with Gasteiger partial charge < -0.3 is 15.4 Å². The Kier molecular flexibility index (Phi) is 7.54. The van der Waals surface area contributed by atoms with Gasteiger partial charge in [0.05, 0.1) is 26.0 Å². The fraction of sp³-hybridized carbons (Fsp3) is 0.438. The Morgan fingerprint density at radius 3 is 2.26 bits per heavy atom. The number of ether oxygens (including phenoxy) is 1. The Morgan fingerprint density at radius 2 is 1.74 bits per heavy atom. The minimum Gasteiger partial charge on any atom is -0.469 e. The van der Waals surface area contributed by atoms with Crippen molar-refractivity contribution < 1.29 is 19.1 Å². The Labute approximate surface area is 140 Å². The van der Waals surface area contributed by atoms with Gasteiger partial charge in [-0.25, -0.2) is 0 Å². The van der Waals surface area contributed by atoms with Gasteiger partial charge >= 0.3 is 5.97 Å². The van der Waals surface area contributed by atoms with Crippen LogP contribution in [0.15, 0.2) is 24.3 Å². The molecule has 0 heterocycles. The molecule has 2 amide bonds. The Balaban J connectivity index is 2.69. The van der Waals surface area contributed by atoms with Crippen LogP contribution in [0.5, 0.6) is 0 Å². The summed E-state index contributed by atoms with van der Waals surface area (Å²) in [5, 5.41) is 6.03. The number of rotatable bonds is 7. The zero-order valence-electron chi connectivity index (χ0n) is 13.4. The van der Waals surface area contributed by atoms with Crippen molar-refractivity contribution in [3.8, 4) is 0 Å². The number of carbonyl (C=O) groups excluding carboxylic acids is 3. The summed E-state index contributed by atoms with van der Waals surface area (Å²) >= 11 is 5.85. The molecule has 2 N–H and O–H groups in total. The molecule has 0 saturated heterocycles. The standard InChI is InChI=1S/C16H21ClN2O4/c1-10(8-16(22)23-3)18-15(21)9-14(19-11(2)20)12-4-6-13(17)7-5-12/h4-7,10,14H,8-9H2,1-3H3,(H,18,21)(H,19,20). The average molecular weight is 341 g/mol. The fourth-order valence-corrected chi connectivity index (χ4v) is 2.22. The van der Waals surface area contributed by atoms with E-state index in [1.165, 1.54) is 14.0 Å². The van der Waals surface area contributed by atoms with Gasteiger partial charge in [-0.1, -0.05) is 23.7 Å². The summed E-state index contributed by atoms with van der Waals surface area (Å²) < 4.78 is 4.56. The second-order valence-electron chi connectivity index (χ2n) is 5.26. The molecular weight excluding hydrogens is 320 g/mol. The molecule has 0 aliphatic carbocycles. The first kappa shape index (κ1) is 19.0. The molecule has 0 fully saturated rings. The zero-order valence-corrected chi connectivity index (χ0v) is 14.1. The van der Waals surface area contributed by atoms with Gasteiger partial charge in [-0.3, -0.25) is 14.4 Å². The van der Waals surface area contributed by atoms with Crippen LogP contribution in [-0.4, -0.2) is 30.9 Å². The molecular formula is C16H21ClN2O4. The number of carbonyl (C=O) groups is 3. The number of halogens is 1. The zero-order chi connectivity index (χ0) is 17.4. The first-order valence-corrected chi connectivity index (χ1v) is 7.58. The number of nitrogens with one attached hydrogen (secondary N) is 2. The lowest BCUT2D eigenvalue weighted by Crippen LogP contribution is -2.37. The van der Waals surface area contributed by atoms with Crippen LogP contribution < -0.4 is 10.6 Å². The summed E-state index contributed by atoms with van der Waals surface area (Å²) in [6.45, 7) is 3.10. The predicted molar refractivity (Wildman–Crippen MR) is 86.9 cm³/mol. The number of hydrogen-bond donors (Lipinski definition) is 2. The fourth-order valence-electron chi connectivity index (χ4n) is 2.10. The van der Waals surface area contributed by atoms with Gasteiger partial charge in [0.1, 0.15) is 0 Å². The molecule has 23 heavy (non-hydrogen) atoms. The van der Waals surface area contributed by atoms with Crippen molar-refractivity contribution in [3.05, 3.63) is 34.9 Å². The van der Waals surface area contributed by atoms with Crippen molar-refractivity contribution in [2.75, 3.05) is 7.11 Å². The highest BCUT2D eigenvalue weighted by Crippen LogP contribution is 2.19.